The van der Waals surface area contributed by atoms with E-state index in [0.29, 0.717) is 11.1 Å². The number of carbonyl (C=O) groups excluding carboxylic acids is 4. The Kier molecular flexibility index (Phi) is 16.3. The number of nitrogens with one attached hydrogen (secondary N) is 4. The van der Waals surface area contributed by atoms with E-state index in [9.17, 15) is 45.2 Å². The predicted molar refractivity (Wildman–Crippen MR) is 188 cm³/mol. The number of ether oxygens (including phenoxy) is 2. The van der Waals surface area contributed by atoms with Gasteiger partial charge in [0.2, 0.25) is 45.7 Å². The smallest absolute Gasteiger partial charge is 0.381 e. The number of amides is 4. The second-order valence-electron chi connectivity index (χ2n) is 10.6. The number of hydrogen-bond acceptors (Lipinski definition) is 16. The van der Waals surface area contributed by atoms with E-state index in [1.54, 1.807) is 36.9 Å². The van der Waals surface area contributed by atoms with Gasteiger partial charge in [0.1, 0.15) is 11.6 Å². The Hall–Kier alpha value is -5.83. The third-order valence-corrected chi connectivity index (χ3v) is 8.34. The van der Waals surface area contributed by atoms with Gasteiger partial charge in [0.25, 0.3) is 6.43 Å². The first-order valence-electron chi connectivity index (χ1n) is 15.2. The monoisotopic (exact) mass is 864 g/mol. The first-order chi connectivity index (χ1) is 26.7. The molecule has 0 saturated heterocycles. The highest BCUT2D eigenvalue weighted by atomic mass is 35.5. The topological polar surface area (TPSA) is 265 Å². The molecule has 2 aromatic heterocycles. The van der Waals surface area contributed by atoms with Crippen LogP contribution >= 0.6 is 11.6 Å². The first-order valence-corrected chi connectivity index (χ1v) is 17.8. The molecule has 4 aromatic rings. The minimum atomic E-state index is -3.87. The SMILES string of the molecule is COC(=O)c1cc(C)ccc1S(=O)ONC(=O)Nc1nc(C)nc(C(F)(F)Cl)n1.COC(=O)c1cc(C)ccc1S(=O)ONC(=O)Nc1nc(C)nc(C(F)F)n1. The van der Waals surface area contributed by atoms with E-state index in [-0.39, 0.29) is 32.6 Å². The molecule has 0 fully saturated rings. The number of esters is 2. The van der Waals surface area contributed by atoms with Crippen LogP contribution in [0.3, 0.4) is 0 Å². The zero-order valence-corrected chi connectivity index (χ0v) is 32.4. The van der Waals surface area contributed by atoms with Gasteiger partial charge in [0, 0.05) is 0 Å². The van der Waals surface area contributed by atoms with Crippen LogP contribution in [-0.4, -0.2) is 76.5 Å². The van der Waals surface area contributed by atoms with Crippen molar-refractivity contribution in [2.45, 2.75) is 49.3 Å². The summed E-state index contributed by atoms with van der Waals surface area (Å²) in [5.74, 6) is -4.50. The van der Waals surface area contributed by atoms with Gasteiger partial charge in [-0.25, -0.2) is 57.3 Å². The van der Waals surface area contributed by atoms with E-state index in [4.69, 9.17) is 20.2 Å². The number of carbonyl (C=O) groups is 4. The molecule has 0 bridgehead atoms. The van der Waals surface area contributed by atoms with Crippen LogP contribution in [0.25, 0.3) is 0 Å². The predicted octanol–water partition coefficient (Wildman–Crippen LogP) is 4.33. The van der Waals surface area contributed by atoms with Crippen molar-refractivity contribution in [1.82, 2.24) is 40.9 Å². The van der Waals surface area contributed by atoms with Crippen molar-refractivity contribution in [3.8, 4) is 0 Å². The summed E-state index contributed by atoms with van der Waals surface area (Å²) in [6, 6.07) is 6.58. The van der Waals surface area contributed by atoms with Crippen LogP contribution in [-0.2, 0) is 45.6 Å². The van der Waals surface area contributed by atoms with E-state index in [1.165, 1.54) is 38.1 Å². The molecule has 2 unspecified atom stereocenters. The molecule has 0 aliphatic carbocycles. The molecule has 0 radical (unpaired) electrons. The second-order valence-corrected chi connectivity index (χ2v) is 13.3. The highest BCUT2D eigenvalue weighted by molar-refractivity contribution is 7.80. The van der Waals surface area contributed by atoms with Gasteiger partial charge in [-0.15, -0.1) is 0 Å². The standard InChI is InChI=1S/C15H14ClF2N5O5S.C15H15F2N5O5S/c1-7-4-5-10(9(6-7)11(24)27-3)29(26)28-23-14(25)22-13-20-8(2)19-12(21-13)15(16,17)18;1-7-4-5-10(9(6-7)13(23)26-3)28(25)27-22-15(24)21-14-19-8(2)18-12(20-14)11(16)17/h4-6H,1-3H3,(H2,19,20,21,22,23,25);4-6,11H,1-3H3,(H2,18,19,20,21,22,24). The number of urea groups is 2. The van der Waals surface area contributed by atoms with E-state index >= 15 is 0 Å². The minimum absolute atomic E-state index is 0.00212. The minimum Gasteiger partial charge on any atom is -0.465 e. The Morgan fingerprint density at radius 1 is 0.684 bits per heavy atom. The lowest BCUT2D eigenvalue weighted by Gasteiger charge is -2.11. The zero-order valence-electron chi connectivity index (χ0n) is 30.0. The molecule has 2 atom stereocenters. The Morgan fingerprint density at radius 3 is 1.51 bits per heavy atom. The van der Waals surface area contributed by atoms with Crippen LogP contribution in [0.1, 0.15) is 61.6 Å². The summed E-state index contributed by atoms with van der Waals surface area (Å²) in [7, 11) is 2.31. The molecule has 4 N–H and O–H groups in total. The molecule has 2 aromatic carbocycles. The number of aryl methyl sites for hydroxylation is 4. The number of halogens is 5. The number of alkyl halides is 5. The maximum Gasteiger partial charge on any atom is 0.381 e. The van der Waals surface area contributed by atoms with E-state index in [1.807, 2.05) is 10.6 Å². The van der Waals surface area contributed by atoms with Crippen molar-refractivity contribution < 1.29 is 63.2 Å². The molecule has 2 heterocycles. The van der Waals surface area contributed by atoms with E-state index in [0.717, 1.165) is 14.2 Å². The Bertz CT molecular complexity index is 2210. The van der Waals surface area contributed by atoms with Crippen molar-refractivity contribution in [1.29, 1.82) is 0 Å². The Morgan fingerprint density at radius 2 is 1.11 bits per heavy atom. The molecule has 0 aliphatic rings. The maximum atomic E-state index is 13.1. The van der Waals surface area contributed by atoms with Gasteiger partial charge in [-0.3, -0.25) is 10.6 Å². The van der Waals surface area contributed by atoms with Crippen molar-refractivity contribution in [3.05, 3.63) is 81.9 Å². The number of methoxy groups -OCH3 is 2. The third-order valence-electron chi connectivity index (χ3n) is 6.27. The number of aromatic nitrogens is 6. The largest absolute Gasteiger partial charge is 0.465 e. The summed E-state index contributed by atoms with van der Waals surface area (Å²) >= 11 is 0.296. The average Bonchev–Trinajstić information content (AvgIpc) is 3.14. The number of anilines is 2. The fourth-order valence-electron chi connectivity index (χ4n) is 3.93. The Balaban J connectivity index is 0.000000306. The highest BCUT2D eigenvalue weighted by Crippen LogP contribution is 2.29. The van der Waals surface area contributed by atoms with Gasteiger partial charge in [-0.2, -0.15) is 37.3 Å². The van der Waals surface area contributed by atoms with Gasteiger partial charge in [-0.1, -0.05) is 23.3 Å². The molecular weight excluding hydrogens is 836 g/mol. The zero-order chi connectivity index (χ0) is 42.6. The second kappa shape index (κ2) is 20.4. The van der Waals surface area contributed by atoms with Crippen LogP contribution in [0.2, 0.25) is 0 Å². The van der Waals surface area contributed by atoms with Crippen LogP contribution in [0.5, 0.6) is 0 Å². The van der Waals surface area contributed by atoms with Crippen LogP contribution in [0, 0.1) is 27.7 Å². The van der Waals surface area contributed by atoms with E-state index in [2.05, 4.69) is 39.4 Å². The fourth-order valence-corrected chi connectivity index (χ4v) is 5.50. The molecule has 4 rings (SSSR count). The number of hydroxylamine groups is 2. The highest BCUT2D eigenvalue weighted by Gasteiger charge is 2.33. The number of rotatable bonds is 12. The lowest BCUT2D eigenvalue weighted by atomic mass is 10.1. The fraction of sp³-hybridized carbons (Fsp3) is 0.267. The molecule has 20 nitrogen and oxygen atoms in total. The summed E-state index contributed by atoms with van der Waals surface area (Å²) in [4.78, 5) is 68.0. The summed E-state index contributed by atoms with van der Waals surface area (Å²) in [6.07, 6.45) is -2.95. The average molecular weight is 865 g/mol. The number of hydrogen-bond donors (Lipinski definition) is 4. The van der Waals surface area contributed by atoms with Crippen LogP contribution in [0.4, 0.5) is 39.0 Å². The molecular formula is C30H29ClF4N10O10S2. The van der Waals surface area contributed by atoms with E-state index < -0.39 is 81.5 Å². The molecule has 0 saturated carbocycles. The summed E-state index contributed by atoms with van der Waals surface area (Å²) < 4.78 is 94.8. The van der Waals surface area contributed by atoms with Crippen molar-refractivity contribution in [2.75, 3.05) is 24.9 Å². The third kappa shape index (κ3) is 13.7. The van der Waals surface area contributed by atoms with Gasteiger partial charge >= 0.3 is 29.4 Å². The molecule has 57 heavy (non-hydrogen) atoms. The molecule has 4 amide bonds. The summed E-state index contributed by atoms with van der Waals surface area (Å²) in [6.45, 7) is 6.05. The Labute approximate surface area is 329 Å². The van der Waals surface area contributed by atoms with Gasteiger partial charge < -0.3 is 9.47 Å². The molecule has 0 aliphatic heterocycles. The number of nitrogens with zero attached hydrogens (tertiary/aromatic N) is 6. The molecule has 306 valence electrons. The normalized spacial score (nSPS) is 12.0. The van der Waals surface area contributed by atoms with Crippen molar-refractivity contribution in [3.63, 3.8) is 0 Å². The first kappa shape index (κ1) is 45.6. The summed E-state index contributed by atoms with van der Waals surface area (Å²) in [5, 5.41) is 0.184. The summed E-state index contributed by atoms with van der Waals surface area (Å²) in [5.41, 5.74) is 4.99. The van der Waals surface area contributed by atoms with Gasteiger partial charge in [-0.05, 0) is 63.6 Å². The quantitative estimate of drug-likeness (QED) is 0.0668. The molecule has 0 spiro atoms. The lowest BCUT2D eigenvalue weighted by molar-refractivity contribution is 0.0587. The number of benzene rings is 2. The van der Waals surface area contributed by atoms with Crippen molar-refractivity contribution >= 4 is 69.7 Å². The van der Waals surface area contributed by atoms with Gasteiger partial charge in [0.05, 0.1) is 35.1 Å². The molecule has 27 heteroatoms. The van der Waals surface area contributed by atoms with Crippen molar-refractivity contribution in [2.24, 2.45) is 0 Å². The van der Waals surface area contributed by atoms with Crippen LogP contribution < -0.4 is 21.6 Å². The van der Waals surface area contributed by atoms with Gasteiger partial charge in [0.15, 0.2) is 0 Å². The van der Waals surface area contributed by atoms with Crippen LogP contribution in [0.15, 0.2) is 46.2 Å². The maximum absolute atomic E-state index is 13.1. The lowest BCUT2D eigenvalue weighted by Crippen LogP contribution is -2.31.